The van der Waals surface area contributed by atoms with E-state index in [1.54, 1.807) is 6.08 Å². The van der Waals surface area contributed by atoms with Crippen molar-refractivity contribution in [2.24, 2.45) is 0 Å². The highest BCUT2D eigenvalue weighted by atomic mass is 32.1. The first-order chi connectivity index (χ1) is 9.45. The van der Waals surface area contributed by atoms with Gasteiger partial charge in [0, 0.05) is 11.5 Å². The molecule has 4 nitrogen and oxygen atoms in total. The number of nitrogens with zero attached hydrogens (tertiary/aromatic N) is 2. The molecule has 20 heavy (non-hydrogen) atoms. The molecule has 2 aromatic rings. The number of hydrogen-bond donors (Lipinski definition) is 1. The lowest BCUT2D eigenvalue weighted by atomic mass is 9.98. The second-order valence-corrected chi connectivity index (χ2v) is 6.37. The fourth-order valence-electron chi connectivity index (χ4n) is 1.46. The van der Waals surface area contributed by atoms with Crippen LogP contribution in [0.15, 0.2) is 36.4 Å². The van der Waals surface area contributed by atoms with Crippen molar-refractivity contribution in [2.75, 3.05) is 5.32 Å². The van der Waals surface area contributed by atoms with Crippen LogP contribution in [0.2, 0.25) is 0 Å². The van der Waals surface area contributed by atoms with Gasteiger partial charge in [-0.15, -0.1) is 10.2 Å². The Balaban J connectivity index is 1.98. The average Bonchev–Trinajstić information content (AvgIpc) is 2.86. The van der Waals surface area contributed by atoms with Crippen molar-refractivity contribution in [1.82, 2.24) is 10.2 Å². The summed E-state index contributed by atoms with van der Waals surface area (Å²) in [4.78, 5) is 11.8. The van der Waals surface area contributed by atoms with Crippen molar-refractivity contribution in [3.05, 3.63) is 47.0 Å². The summed E-state index contributed by atoms with van der Waals surface area (Å²) in [7, 11) is 0. The molecule has 0 saturated carbocycles. The fraction of sp³-hybridized carbons (Fsp3) is 0.267. The Hall–Kier alpha value is -2.01. The van der Waals surface area contributed by atoms with Crippen LogP contribution < -0.4 is 5.32 Å². The first-order valence-corrected chi connectivity index (χ1v) is 7.15. The molecule has 0 unspecified atom stereocenters. The van der Waals surface area contributed by atoms with Crippen LogP contribution in [0.3, 0.4) is 0 Å². The summed E-state index contributed by atoms with van der Waals surface area (Å²) in [6, 6.07) is 9.67. The van der Waals surface area contributed by atoms with E-state index >= 15 is 0 Å². The maximum atomic E-state index is 11.8. The summed E-state index contributed by atoms with van der Waals surface area (Å²) in [6.45, 7) is 6.19. The molecule has 0 radical (unpaired) electrons. The number of aromatic nitrogens is 2. The predicted octanol–water partition coefficient (Wildman–Crippen LogP) is 3.49. The monoisotopic (exact) mass is 287 g/mol. The van der Waals surface area contributed by atoms with E-state index in [0.717, 1.165) is 10.6 Å². The van der Waals surface area contributed by atoms with Gasteiger partial charge in [0.1, 0.15) is 5.01 Å². The number of amides is 1. The minimum absolute atomic E-state index is 0.0550. The number of rotatable bonds is 3. The third-order valence-corrected chi connectivity index (χ3v) is 3.79. The van der Waals surface area contributed by atoms with Gasteiger partial charge >= 0.3 is 0 Å². The van der Waals surface area contributed by atoms with Crippen LogP contribution in [0.5, 0.6) is 0 Å². The number of hydrogen-bond acceptors (Lipinski definition) is 4. The number of carbonyl (C=O) groups excluding carboxylic acids is 1. The molecule has 104 valence electrons. The maximum absolute atomic E-state index is 11.8. The van der Waals surface area contributed by atoms with E-state index in [9.17, 15) is 4.79 Å². The Morgan fingerprint density at radius 2 is 1.90 bits per heavy atom. The maximum Gasteiger partial charge on any atom is 0.250 e. The SMILES string of the molecule is CC(C)(C)c1nnc(NC(=O)/C=C/c2ccccc2)s1. The second-order valence-electron chi connectivity index (χ2n) is 5.40. The Morgan fingerprint density at radius 1 is 1.20 bits per heavy atom. The van der Waals surface area contributed by atoms with Crippen molar-refractivity contribution in [3.63, 3.8) is 0 Å². The standard InChI is InChI=1S/C15H17N3OS/c1-15(2,3)13-17-18-14(20-13)16-12(19)10-9-11-7-5-4-6-8-11/h4-10H,1-3H3,(H,16,18,19)/b10-9+. The lowest BCUT2D eigenvalue weighted by Crippen LogP contribution is -2.10. The van der Waals surface area contributed by atoms with E-state index in [1.165, 1.54) is 17.4 Å². The predicted molar refractivity (Wildman–Crippen MR) is 82.7 cm³/mol. The lowest BCUT2D eigenvalue weighted by molar-refractivity contribution is -0.111. The first-order valence-electron chi connectivity index (χ1n) is 6.33. The molecular formula is C15H17N3OS. The quantitative estimate of drug-likeness (QED) is 0.879. The van der Waals surface area contributed by atoms with Gasteiger partial charge in [0.15, 0.2) is 0 Å². The Kier molecular flexibility index (Phi) is 4.29. The minimum atomic E-state index is -0.203. The molecule has 1 aromatic heterocycles. The van der Waals surface area contributed by atoms with Crippen molar-refractivity contribution in [2.45, 2.75) is 26.2 Å². The van der Waals surface area contributed by atoms with Crippen LogP contribution in [0.4, 0.5) is 5.13 Å². The molecule has 0 fully saturated rings. The molecule has 0 aliphatic heterocycles. The number of nitrogens with one attached hydrogen (secondary N) is 1. The highest BCUT2D eigenvalue weighted by molar-refractivity contribution is 7.15. The molecular weight excluding hydrogens is 270 g/mol. The van der Waals surface area contributed by atoms with Gasteiger partial charge in [0.2, 0.25) is 11.0 Å². The van der Waals surface area contributed by atoms with Gasteiger partial charge in [-0.3, -0.25) is 10.1 Å². The van der Waals surface area contributed by atoms with Crippen LogP contribution >= 0.6 is 11.3 Å². The van der Waals surface area contributed by atoms with E-state index < -0.39 is 0 Å². The Morgan fingerprint density at radius 3 is 2.50 bits per heavy atom. The highest BCUT2D eigenvalue weighted by Gasteiger charge is 2.19. The zero-order valence-electron chi connectivity index (χ0n) is 11.8. The van der Waals surface area contributed by atoms with E-state index in [0.29, 0.717) is 5.13 Å². The van der Waals surface area contributed by atoms with Gasteiger partial charge in [-0.2, -0.15) is 0 Å². The molecule has 0 spiro atoms. The molecule has 0 aliphatic carbocycles. The first kappa shape index (κ1) is 14.4. The second kappa shape index (κ2) is 5.96. The van der Waals surface area contributed by atoms with Crippen LogP contribution in [-0.4, -0.2) is 16.1 Å². The van der Waals surface area contributed by atoms with Crippen molar-refractivity contribution in [3.8, 4) is 0 Å². The highest BCUT2D eigenvalue weighted by Crippen LogP contribution is 2.27. The summed E-state index contributed by atoms with van der Waals surface area (Å²) < 4.78 is 0. The molecule has 1 heterocycles. The molecule has 1 amide bonds. The zero-order valence-corrected chi connectivity index (χ0v) is 12.6. The lowest BCUT2D eigenvalue weighted by Gasteiger charge is -2.12. The van der Waals surface area contributed by atoms with E-state index in [-0.39, 0.29) is 11.3 Å². The summed E-state index contributed by atoms with van der Waals surface area (Å²) in [5.41, 5.74) is 0.927. The van der Waals surface area contributed by atoms with Crippen molar-refractivity contribution < 1.29 is 4.79 Å². The summed E-state index contributed by atoms with van der Waals surface area (Å²) in [6.07, 6.45) is 3.26. The van der Waals surface area contributed by atoms with Gasteiger partial charge in [-0.1, -0.05) is 62.4 Å². The van der Waals surface area contributed by atoms with Crippen molar-refractivity contribution >= 4 is 28.5 Å². The van der Waals surface area contributed by atoms with Crippen LogP contribution in [0.1, 0.15) is 31.3 Å². The molecule has 0 aliphatic rings. The van der Waals surface area contributed by atoms with Gasteiger partial charge in [-0.05, 0) is 11.6 Å². The fourth-order valence-corrected chi connectivity index (χ4v) is 2.26. The molecule has 0 atom stereocenters. The smallest absolute Gasteiger partial charge is 0.250 e. The van der Waals surface area contributed by atoms with E-state index in [1.807, 2.05) is 30.3 Å². The third-order valence-electron chi connectivity index (χ3n) is 2.52. The summed E-state index contributed by atoms with van der Waals surface area (Å²) in [5, 5.41) is 12.2. The summed E-state index contributed by atoms with van der Waals surface area (Å²) in [5.74, 6) is -0.203. The molecule has 5 heteroatoms. The Bertz CT molecular complexity index is 612. The van der Waals surface area contributed by atoms with Gasteiger partial charge in [-0.25, -0.2) is 0 Å². The third kappa shape index (κ3) is 3.99. The van der Waals surface area contributed by atoms with Gasteiger partial charge in [0.25, 0.3) is 0 Å². The number of anilines is 1. The number of carbonyl (C=O) groups is 1. The van der Waals surface area contributed by atoms with Crippen LogP contribution in [0, 0.1) is 0 Å². The normalized spacial score (nSPS) is 11.8. The molecule has 1 aromatic carbocycles. The van der Waals surface area contributed by atoms with Gasteiger partial charge in [0.05, 0.1) is 0 Å². The number of benzene rings is 1. The van der Waals surface area contributed by atoms with Gasteiger partial charge < -0.3 is 0 Å². The molecule has 2 rings (SSSR count). The van der Waals surface area contributed by atoms with E-state index in [2.05, 4.69) is 36.3 Å². The topological polar surface area (TPSA) is 54.9 Å². The zero-order chi connectivity index (χ0) is 14.6. The largest absolute Gasteiger partial charge is 0.297 e. The molecule has 0 bridgehead atoms. The average molecular weight is 287 g/mol. The van der Waals surface area contributed by atoms with Crippen LogP contribution in [-0.2, 0) is 10.2 Å². The minimum Gasteiger partial charge on any atom is -0.297 e. The molecule has 0 saturated heterocycles. The Labute approximate surface area is 122 Å². The van der Waals surface area contributed by atoms with Crippen LogP contribution in [0.25, 0.3) is 6.08 Å². The van der Waals surface area contributed by atoms with Crippen molar-refractivity contribution in [1.29, 1.82) is 0 Å². The van der Waals surface area contributed by atoms with E-state index in [4.69, 9.17) is 0 Å². The summed E-state index contributed by atoms with van der Waals surface area (Å²) >= 11 is 1.40. The molecule has 1 N–H and O–H groups in total.